The highest BCUT2D eigenvalue weighted by Gasteiger charge is 2.29. The van der Waals surface area contributed by atoms with Crippen molar-refractivity contribution < 1.29 is 14.0 Å². The number of nitrogens with two attached hydrogens (primary N) is 1. The topological polar surface area (TPSA) is 87.8 Å². The van der Waals surface area contributed by atoms with Crippen molar-refractivity contribution in [1.82, 2.24) is 10.2 Å². The van der Waals surface area contributed by atoms with E-state index in [1.807, 2.05) is 44.2 Å². The van der Waals surface area contributed by atoms with E-state index in [9.17, 15) is 14.0 Å². The highest BCUT2D eigenvalue weighted by molar-refractivity contribution is 5.98. The molecule has 0 radical (unpaired) electrons. The van der Waals surface area contributed by atoms with Gasteiger partial charge in [-0.3, -0.25) is 14.5 Å². The number of nitrogens with zero attached hydrogens (tertiary/aromatic N) is 2. The van der Waals surface area contributed by atoms with Gasteiger partial charge in [0.05, 0.1) is 24.6 Å². The van der Waals surface area contributed by atoms with Gasteiger partial charge in [0.1, 0.15) is 5.82 Å². The normalized spacial score (nSPS) is 16.7. The van der Waals surface area contributed by atoms with Gasteiger partial charge in [0.25, 0.3) is 5.91 Å². The number of carbonyl (C=O) groups excluding carboxylic acids is 2. The van der Waals surface area contributed by atoms with Gasteiger partial charge in [-0.1, -0.05) is 50.2 Å². The second kappa shape index (κ2) is 8.86. The third-order valence-corrected chi connectivity index (χ3v) is 4.94. The molecule has 0 aromatic heterocycles. The van der Waals surface area contributed by atoms with E-state index in [0.29, 0.717) is 12.1 Å². The largest absolute Gasteiger partial charge is 0.369 e. The average Bonchev–Trinajstić information content (AvgIpc) is 2.70. The molecule has 152 valence electrons. The molecule has 1 aliphatic heterocycles. The predicted octanol–water partition coefficient (Wildman–Crippen LogP) is 2.83. The van der Waals surface area contributed by atoms with Gasteiger partial charge in [0.15, 0.2) is 5.96 Å². The van der Waals surface area contributed by atoms with Crippen molar-refractivity contribution in [2.45, 2.75) is 39.4 Å². The van der Waals surface area contributed by atoms with Crippen LogP contribution >= 0.6 is 0 Å². The van der Waals surface area contributed by atoms with Crippen LogP contribution in [0.3, 0.4) is 0 Å². The minimum Gasteiger partial charge on any atom is -0.369 e. The molecule has 1 aliphatic rings. The molecular weight excluding hydrogens is 371 g/mol. The van der Waals surface area contributed by atoms with E-state index in [0.717, 1.165) is 5.56 Å². The first-order valence-electron chi connectivity index (χ1n) is 9.59. The highest BCUT2D eigenvalue weighted by Crippen LogP contribution is 2.20. The summed E-state index contributed by atoms with van der Waals surface area (Å²) in [6.45, 7) is 4.41. The molecule has 3 rings (SSSR count). The van der Waals surface area contributed by atoms with E-state index in [-0.39, 0.29) is 42.4 Å². The summed E-state index contributed by atoms with van der Waals surface area (Å²) in [5.74, 6) is -0.897. The molecule has 0 bridgehead atoms. The quantitative estimate of drug-likeness (QED) is 0.787. The van der Waals surface area contributed by atoms with Crippen molar-refractivity contribution in [3.05, 3.63) is 71.0 Å². The molecule has 0 fully saturated rings. The van der Waals surface area contributed by atoms with Crippen LogP contribution in [0.15, 0.2) is 53.5 Å². The van der Waals surface area contributed by atoms with Crippen LogP contribution in [0.1, 0.15) is 41.8 Å². The number of hydrogen-bond donors (Lipinski definition) is 2. The van der Waals surface area contributed by atoms with Gasteiger partial charge in [-0.05, 0) is 29.2 Å². The second-order valence-electron chi connectivity index (χ2n) is 7.47. The number of amides is 2. The van der Waals surface area contributed by atoms with E-state index in [2.05, 4.69) is 10.3 Å². The first-order valence-corrected chi connectivity index (χ1v) is 9.59. The van der Waals surface area contributed by atoms with E-state index in [1.54, 1.807) is 6.07 Å². The average molecular weight is 396 g/mol. The second-order valence-corrected chi connectivity index (χ2v) is 7.47. The van der Waals surface area contributed by atoms with Crippen LogP contribution in [0.4, 0.5) is 4.39 Å². The standard InChI is InChI=1S/C22H25FN4O2/c1-14(2)19-11-20(28)27(22(24)26-19)13-16-8-9-18(23)17(10-16)21(29)25-12-15-6-4-3-5-7-15/h3-10,14,19H,11-13H2,1-2H3,(H2,24,26)(H,25,29). The Morgan fingerprint density at radius 2 is 1.97 bits per heavy atom. The summed E-state index contributed by atoms with van der Waals surface area (Å²) in [7, 11) is 0. The van der Waals surface area contributed by atoms with Crippen LogP contribution in [-0.4, -0.2) is 28.7 Å². The van der Waals surface area contributed by atoms with Gasteiger partial charge in [-0.15, -0.1) is 0 Å². The number of halogens is 1. The maximum atomic E-state index is 14.2. The number of hydrogen-bond acceptors (Lipinski definition) is 4. The van der Waals surface area contributed by atoms with Crippen molar-refractivity contribution in [3.63, 3.8) is 0 Å². The van der Waals surface area contributed by atoms with Gasteiger partial charge < -0.3 is 11.1 Å². The Labute approximate surface area is 169 Å². The Bertz CT molecular complexity index is 928. The summed E-state index contributed by atoms with van der Waals surface area (Å²) < 4.78 is 14.2. The molecule has 1 atom stereocenters. The molecule has 2 aromatic rings. The summed E-state index contributed by atoms with van der Waals surface area (Å²) in [5, 5.41) is 2.71. The van der Waals surface area contributed by atoms with Crippen LogP contribution < -0.4 is 11.1 Å². The summed E-state index contributed by atoms with van der Waals surface area (Å²) in [6, 6.07) is 13.5. The van der Waals surface area contributed by atoms with Crippen LogP contribution in [0, 0.1) is 11.7 Å². The Balaban J connectivity index is 1.72. The van der Waals surface area contributed by atoms with E-state index in [4.69, 9.17) is 5.73 Å². The molecule has 7 heteroatoms. The minimum absolute atomic E-state index is 0.0709. The SMILES string of the molecule is CC(C)C1CC(=O)N(Cc2ccc(F)c(C(=O)NCc3ccccc3)c2)C(N)=N1. The van der Waals surface area contributed by atoms with E-state index < -0.39 is 11.7 Å². The van der Waals surface area contributed by atoms with Crippen molar-refractivity contribution >= 4 is 17.8 Å². The summed E-state index contributed by atoms with van der Waals surface area (Å²) in [6.07, 6.45) is 0.282. The number of carbonyl (C=O) groups is 2. The fourth-order valence-corrected chi connectivity index (χ4v) is 3.16. The fraction of sp³-hybridized carbons (Fsp3) is 0.318. The highest BCUT2D eigenvalue weighted by atomic mass is 19.1. The zero-order chi connectivity index (χ0) is 21.0. The van der Waals surface area contributed by atoms with Gasteiger partial charge in [-0.2, -0.15) is 0 Å². The number of rotatable bonds is 6. The first kappa shape index (κ1) is 20.5. The van der Waals surface area contributed by atoms with Crippen molar-refractivity contribution in [1.29, 1.82) is 0 Å². The lowest BCUT2D eigenvalue weighted by molar-refractivity contribution is -0.129. The van der Waals surface area contributed by atoms with Gasteiger partial charge in [-0.25, -0.2) is 9.38 Å². The summed E-state index contributed by atoms with van der Waals surface area (Å²) in [5.41, 5.74) is 7.44. The number of benzene rings is 2. The molecule has 0 saturated heterocycles. The van der Waals surface area contributed by atoms with Gasteiger partial charge in [0, 0.05) is 6.54 Å². The molecule has 29 heavy (non-hydrogen) atoms. The van der Waals surface area contributed by atoms with Crippen LogP contribution in [-0.2, 0) is 17.9 Å². The number of nitrogens with one attached hydrogen (secondary N) is 1. The Morgan fingerprint density at radius 1 is 1.24 bits per heavy atom. The molecule has 0 aliphatic carbocycles. The van der Waals surface area contributed by atoms with Gasteiger partial charge >= 0.3 is 0 Å². The molecule has 0 spiro atoms. The number of guanidine groups is 1. The molecule has 3 N–H and O–H groups in total. The summed E-state index contributed by atoms with van der Waals surface area (Å²) >= 11 is 0. The molecule has 2 aromatic carbocycles. The lowest BCUT2D eigenvalue weighted by atomic mass is 9.99. The third kappa shape index (κ3) is 4.99. The van der Waals surface area contributed by atoms with E-state index >= 15 is 0 Å². The maximum Gasteiger partial charge on any atom is 0.254 e. The lowest BCUT2D eigenvalue weighted by Gasteiger charge is -2.30. The van der Waals surface area contributed by atoms with Crippen molar-refractivity contribution in [2.75, 3.05) is 0 Å². The maximum absolute atomic E-state index is 14.2. The Morgan fingerprint density at radius 3 is 2.62 bits per heavy atom. The number of aliphatic imine (C=N–C) groups is 1. The molecule has 6 nitrogen and oxygen atoms in total. The molecule has 0 saturated carbocycles. The smallest absolute Gasteiger partial charge is 0.254 e. The minimum atomic E-state index is -0.620. The third-order valence-electron chi connectivity index (χ3n) is 4.94. The van der Waals surface area contributed by atoms with E-state index in [1.165, 1.54) is 17.0 Å². The Kier molecular flexibility index (Phi) is 6.26. The molecule has 1 unspecified atom stereocenters. The Hall–Kier alpha value is -3.22. The van der Waals surface area contributed by atoms with Crippen molar-refractivity contribution in [3.8, 4) is 0 Å². The fourth-order valence-electron chi connectivity index (χ4n) is 3.16. The molecule has 1 heterocycles. The molecule has 2 amide bonds. The zero-order valence-corrected chi connectivity index (χ0v) is 16.6. The summed E-state index contributed by atoms with van der Waals surface area (Å²) in [4.78, 5) is 30.7. The van der Waals surface area contributed by atoms with Gasteiger partial charge in [0.2, 0.25) is 5.91 Å². The van der Waals surface area contributed by atoms with Crippen LogP contribution in [0.25, 0.3) is 0 Å². The lowest BCUT2D eigenvalue weighted by Crippen LogP contribution is -2.47. The zero-order valence-electron chi connectivity index (χ0n) is 16.6. The first-order chi connectivity index (χ1) is 13.8. The monoisotopic (exact) mass is 396 g/mol. The predicted molar refractivity (Wildman–Crippen MR) is 109 cm³/mol. The van der Waals surface area contributed by atoms with Crippen LogP contribution in [0.5, 0.6) is 0 Å². The van der Waals surface area contributed by atoms with Crippen molar-refractivity contribution in [2.24, 2.45) is 16.6 Å². The molecular formula is C22H25FN4O2. The van der Waals surface area contributed by atoms with Crippen LogP contribution in [0.2, 0.25) is 0 Å².